The van der Waals surface area contributed by atoms with E-state index < -0.39 is 0 Å². The van der Waals surface area contributed by atoms with Gasteiger partial charge in [0, 0.05) is 43.3 Å². The fourth-order valence-corrected chi connectivity index (χ4v) is 3.70. The number of aromatic amines is 1. The van der Waals surface area contributed by atoms with Gasteiger partial charge in [0.05, 0.1) is 18.8 Å². The number of aromatic nitrogens is 3. The molecule has 1 amide bonds. The number of hydrogen-bond donors (Lipinski definition) is 1. The number of rotatable bonds is 4. The summed E-state index contributed by atoms with van der Waals surface area (Å²) in [5.74, 6) is 1.06. The number of carbonyl (C=O) groups is 1. The first-order valence-corrected chi connectivity index (χ1v) is 9.06. The third kappa shape index (κ3) is 3.24. The Kier molecular flexibility index (Phi) is 4.51. The van der Waals surface area contributed by atoms with Crippen LogP contribution in [0.2, 0.25) is 0 Å². The lowest BCUT2D eigenvalue weighted by molar-refractivity contribution is -0.139. The number of H-pyrrole nitrogens is 1. The van der Waals surface area contributed by atoms with Crippen molar-refractivity contribution >= 4 is 16.8 Å². The summed E-state index contributed by atoms with van der Waals surface area (Å²) < 4.78 is 7.85. The lowest BCUT2D eigenvalue weighted by Gasteiger charge is -2.32. The number of fused-ring (bicyclic) bond motifs is 1. The standard InChI is InChI=1S/C20H24N4O2/c1-14-12-23(2)20(22-14)18-13-24(9-10-26-18)19(25)8-7-15-11-21-17-6-4-3-5-16(15)17/h3-6,11-12,18,21H,7-10,13H2,1-2H3/t18-/m0/s1. The Hall–Kier alpha value is -2.60. The van der Waals surface area contributed by atoms with Crippen LogP contribution in [0.1, 0.15) is 29.6 Å². The van der Waals surface area contributed by atoms with Gasteiger partial charge in [0.2, 0.25) is 5.91 Å². The maximum atomic E-state index is 12.7. The molecule has 0 saturated carbocycles. The molecule has 1 aliphatic rings. The van der Waals surface area contributed by atoms with E-state index in [9.17, 15) is 4.79 Å². The molecule has 0 bridgehead atoms. The molecule has 26 heavy (non-hydrogen) atoms. The molecule has 4 rings (SSSR count). The van der Waals surface area contributed by atoms with Crippen LogP contribution in [-0.4, -0.2) is 45.0 Å². The van der Waals surface area contributed by atoms with E-state index in [1.807, 2.05) is 48.0 Å². The number of carbonyl (C=O) groups excluding carboxylic acids is 1. The maximum Gasteiger partial charge on any atom is 0.223 e. The van der Waals surface area contributed by atoms with E-state index in [-0.39, 0.29) is 12.0 Å². The number of hydrogen-bond acceptors (Lipinski definition) is 3. The van der Waals surface area contributed by atoms with Gasteiger partial charge >= 0.3 is 0 Å². The highest BCUT2D eigenvalue weighted by Crippen LogP contribution is 2.23. The van der Waals surface area contributed by atoms with E-state index in [0.717, 1.165) is 23.5 Å². The van der Waals surface area contributed by atoms with E-state index in [0.29, 0.717) is 26.1 Å². The molecule has 0 spiro atoms. The zero-order chi connectivity index (χ0) is 18.1. The van der Waals surface area contributed by atoms with Crippen molar-refractivity contribution in [3.8, 4) is 0 Å². The van der Waals surface area contributed by atoms with Crippen LogP contribution in [0, 0.1) is 6.92 Å². The average Bonchev–Trinajstić information content (AvgIpc) is 3.22. The molecule has 0 radical (unpaired) electrons. The highest BCUT2D eigenvalue weighted by Gasteiger charge is 2.28. The minimum absolute atomic E-state index is 0.153. The Labute approximate surface area is 152 Å². The first kappa shape index (κ1) is 16.8. The van der Waals surface area contributed by atoms with Gasteiger partial charge in [-0.1, -0.05) is 18.2 Å². The summed E-state index contributed by atoms with van der Waals surface area (Å²) in [6.07, 6.45) is 5.09. The van der Waals surface area contributed by atoms with Gasteiger partial charge in [0.25, 0.3) is 0 Å². The SMILES string of the molecule is Cc1cn(C)c([C@@H]2CN(C(=O)CCc3c[nH]c4ccccc34)CCO2)n1. The largest absolute Gasteiger partial charge is 0.367 e. The van der Waals surface area contributed by atoms with Gasteiger partial charge in [-0.15, -0.1) is 0 Å². The fraction of sp³-hybridized carbons (Fsp3) is 0.400. The van der Waals surface area contributed by atoms with Crippen LogP contribution in [0.25, 0.3) is 10.9 Å². The molecule has 1 fully saturated rings. The molecule has 3 aromatic rings. The van der Waals surface area contributed by atoms with Crippen LogP contribution in [0.5, 0.6) is 0 Å². The number of aryl methyl sites for hydroxylation is 3. The van der Waals surface area contributed by atoms with Crippen LogP contribution in [-0.2, 0) is 23.0 Å². The van der Waals surface area contributed by atoms with Crippen molar-refractivity contribution in [1.29, 1.82) is 0 Å². The number of imidazole rings is 1. The van der Waals surface area contributed by atoms with Crippen LogP contribution in [0.4, 0.5) is 0 Å². The Balaban J connectivity index is 1.40. The molecule has 6 heteroatoms. The van der Waals surface area contributed by atoms with Crippen molar-refractivity contribution in [3.63, 3.8) is 0 Å². The second-order valence-electron chi connectivity index (χ2n) is 6.91. The highest BCUT2D eigenvalue weighted by molar-refractivity contribution is 5.84. The summed E-state index contributed by atoms with van der Waals surface area (Å²) >= 11 is 0. The van der Waals surface area contributed by atoms with Gasteiger partial charge in [-0.25, -0.2) is 4.98 Å². The lowest BCUT2D eigenvalue weighted by Crippen LogP contribution is -2.42. The van der Waals surface area contributed by atoms with Gasteiger partial charge in [-0.05, 0) is 25.0 Å². The van der Waals surface area contributed by atoms with E-state index in [1.54, 1.807) is 0 Å². The normalized spacial score (nSPS) is 17.8. The predicted molar refractivity (Wildman–Crippen MR) is 99.8 cm³/mol. The number of nitrogens with zero attached hydrogens (tertiary/aromatic N) is 3. The zero-order valence-corrected chi connectivity index (χ0v) is 15.2. The smallest absolute Gasteiger partial charge is 0.223 e. The molecular formula is C20H24N4O2. The number of morpholine rings is 1. The van der Waals surface area contributed by atoms with Crippen LogP contribution in [0.3, 0.4) is 0 Å². The monoisotopic (exact) mass is 352 g/mol. The van der Waals surface area contributed by atoms with E-state index in [4.69, 9.17) is 4.74 Å². The Morgan fingerprint density at radius 2 is 2.23 bits per heavy atom. The summed E-state index contributed by atoms with van der Waals surface area (Å²) in [4.78, 5) is 22.5. The van der Waals surface area contributed by atoms with E-state index in [2.05, 4.69) is 22.1 Å². The first-order chi connectivity index (χ1) is 12.6. The summed E-state index contributed by atoms with van der Waals surface area (Å²) in [6, 6.07) is 8.20. The van der Waals surface area contributed by atoms with Gasteiger partial charge in [0.1, 0.15) is 11.9 Å². The molecule has 1 N–H and O–H groups in total. The predicted octanol–water partition coefficient (Wildman–Crippen LogP) is 2.74. The van der Waals surface area contributed by atoms with Gasteiger partial charge in [0.15, 0.2) is 0 Å². The molecule has 6 nitrogen and oxygen atoms in total. The van der Waals surface area contributed by atoms with E-state index in [1.165, 1.54) is 10.9 Å². The second-order valence-corrected chi connectivity index (χ2v) is 6.91. The van der Waals surface area contributed by atoms with Crippen LogP contribution in [0.15, 0.2) is 36.7 Å². The third-order valence-electron chi connectivity index (χ3n) is 5.02. The second kappa shape index (κ2) is 6.96. The topological polar surface area (TPSA) is 63.2 Å². The van der Waals surface area contributed by atoms with Crippen molar-refractivity contribution < 1.29 is 9.53 Å². The van der Waals surface area contributed by atoms with Crippen molar-refractivity contribution in [1.82, 2.24) is 19.4 Å². The molecule has 3 heterocycles. The highest BCUT2D eigenvalue weighted by atomic mass is 16.5. The van der Waals surface area contributed by atoms with Gasteiger partial charge in [-0.2, -0.15) is 0 Å². The Morgan fingerprint density at radius 3 is 3.04 bits per heavy atom. The van der Waals surface area contributed by atoms with Crippen molar-refractivity contribution in [2.24, 2.45) is 7.05 Å². The summed E-state index contributed by atoms with van der Waals surface area (Å²) in [6.45, 7) is 3.73. The van der Waals surface area contributed by atoms with Crippen molar-refractivity contribution in [3.05, 3.63) is 53.7 Å². The van der Waals surface area contributed by atoms with Crippen LogP contribution < -0.4 is 0 Å². The molecule has 1 aromatic carbocycles. The lowest BCUT2D eigenvalue weighted by atomic mass is 10.1. The van der Waals surface area contributed by atoms with E-state index >= 15 is 0 Å². The molecule has 136 valence electrons. The maximum absolute atomic E-state index is 12.7. The minimum Gasteiger partial charge on any atom is -0.367 e. The van der Waals surface area contributed by atoms with Crippen LogP contribution >= 0.6 is 0 Å². The summed E-state index contributed by atoms with van der Waals surface area (Å²) in [5, 5.41) is 1.20. The van der Waals surface area contributed by atoms with Gasteiger partial charge < -0.3 is 19.2 Å². The number of amides is 1. The molecular weight excluding hydrogens is 328 g/mol. The third-order valence-corrected chi connectivity index (χ3v) is 5.02. The summed E-state index contributed by atoms with van der Waals surface area (Å²) in [7, 11) is 1.97. The van der Waals surface area contributed by atoms with Gasteiger partial charge in [-0.3, -0.25) is 4.79 Å². The fourth-order valence-electron chi connectivity index (χ4n) is 3.70. The summed E-state index contributed by atoms with van der Waals surface area (Å²) in [5.41, 5.74) is 3.28. The molecule has 0 unspecified atom stereocenters. The number of ether oxygens (including phenoxy) is 1. The number of nitrogens with one attached hydrogen (secondary N) is 1. The number of benzene rings is 1. The Morgan fingerprint density at radius 1 is 1.38 bits per heavy atom. The molecule has 1 aliphatic heterocycles. The number of para-hydroxylation sites is 1. The van der Waals surface area contributed by atoms with Crippen molar-refractivity contribution in [2.75, 3.05) is 19.7 Å². The quantitative estimate of drug-likeness (QED) is 0.785. The molecule has 1 saturated heterocycles. The molecule has 0 aliphatic carbocycles. The van der Waals surface area contributed by atoms with Crippen molar-refractivity contribution in [2.45, 2.75) is 25.9 Å². The Bertz CT molecular complexity index is 927. The molecule has 1 atom stereocenters. The zero-order valence-electron chi connectivity index (χ0n) is 15.2. The first-order valence-electron chi connectivity index (χ1n) is 9.06. The molecule has 2 aromatic heterocycles. The average molecular weight is 352 g/mol. The minimum atomic E-state index is -0.153.